The SMILES string of the molecule is COc1cc(CNCc2ccc(C)cc2)c(Br)cc1OCc1ccccc1Cl. The molecule has 0 aliphatic heterocycles. The van der Waals surface area contributed by atoms with Crippen molar-refractivity contribution in [1.82, 2.24) is 5.32 Å². The summed E-state index contributed by atoms with van der Waals surface area (Å²) in [6.45, 7) is 4.00. The van der Waals surface area contributed by atoms with Gasteiger partial charge in [-0.25, -0.2) is 0 Å². The van der Waals surface area contributed by atoms with Gasteiger partial charge in [-0.05, 0) is 36.2 Å². The molecule has 0 atom stereocenters. The predicted octanol–water partition coefficient (Wildman–Crippen LogP) is 6.29. The second kappa shape index (κ2) is 9.97. The zero-order valence-electron chi connectivity index (χ0n) is 16.0. The standard InChI is InChI=1S/C23H23BrClNO2/c1-16-7-9-17(10-8-16)13-26-14-19-11-22(27-2)23(12-20(19)24)28-15-18-5-3-4-6-21(18)25/h3-12,26H,13-15H2,1-2H3. The summed E-state index contributed by atoms with van der Waals surface area (Å²) < 4.78 is 12.5. The fourth-order valence-electron chi connectivity index (χ4n) is 2.80. The maximum absolute atomic E-state index is 6.21. The second-order valence-electron chi connectivity index (χ2n) is 6.56. The van der Waals surface area contributed by atoms with Crippen molar-refractivity contribution in [1.29, 1.82) is 0 Å². The molecule has 0 aromatic heterocycles. The Kier molecular flexibility index (Phi) is 7.37. The minimum absolute atomic E-state index is 0.382. The van der Waals surface area contributed by atoms with Crippen LogP contribution in [0.4, 0.5) is 0 Å². The van der Waals surface area contributed by atoms with Crippen molar-refractivity contribution in [3.8, 4) is 11.5 Å². The van der Waals surface area contributed by atoms with Crippen molar-refractivity contribution in [3.63, 3.8) is 0 Å². The highest BCUT2D eigenvalue weighted by atomic mass is 79.9. The Labute approximate surface area is 179 Å². The summed E-state index contributed by atoms with van der Waals surface area (Å²) in [5, 5.41) is 4.16. The molecular weight excluding hydrogens is 438 g/mol. The number of nitrogens with one attached hydrogen (secondary N) is 1. The fourth-order valence-corrected chi connectivity index (χ4v) is 3.46. The van der Waals surface area contributed by atoms with Crippen LogP contribution in [-0.2, 0) is 19.7 Å². The second-order valence-corrected chi connectivity index (χ2v) is 7.83. The van der Waals surface area contributed by atoms with Crippen LogP contribution in [-0.4, -0.2) is 7.11 Å². The smallest absolute Gasteiger partial charge is 0.162 e. The summed E-state index contributed by atoms with van der Waals surface area (Å²) in [4.78, 5) is 0. The molecule has 0 saturated heterocycles. The highest BCUT2D eigenvalue weighted by Crippen LogP contribution is 2.34. The summed E-state index contributed by atoms with van der Waals surface area (Å²) >= 11 is 9.85. The monoisotopic (exact) mass is 459 g/mol. The average Bonchev–Trinajstić information content (AvgIpc) is 2.70. The van der Waals surface area contributed by atoms with Gasteiger partial charge in [0.2, 0.25) is 0 Å². The molecule has 0 saturated carbocycles. The maximum Gasteiger partial charge on any atom is 0.162 e. The molecule has 3 rings (SSSR count). The van der Waals surface area contributed by atoms with Crippen LogP contribution in [0.1, 0.15) is 22.3 Å². The molecular formula is C23H23BrClNO2. The first-order valence-electron chi connectivity index (χ1n) is 9.05. The number of hydrogen-bond acceptors (Lipinski definition) is 3. The van der Waals surface area contributed by atoms with Crippen molar-refractivity contribution in [3.05, 3.63) is 92.4 Å². The molecule has 0 amide bonds. The van der Waals surface area contributed by atoms with E-state index >= 15 is 0 Å². The molecule has 0 spiro atoms. The van der Waals surface area contributed by atoms with Crippen molar-refractivity contribution in [2.45, 2.75) is 26.6 Å². The van der Waals surface area contributed by atoms with Crippen LogP contribution in [0.15, 0.2) is 65.1 Å². The maximum atomic E-state index is 6.21. The third-order valence-corrected chi connectivity index (χ3v) is 5.55. The number of benzene rings is 3. The third-order valence-electron chi connectivity index (χ3n) is 4.44. The summed E-state index contributed by atoms with van der Waals surface area (Å²) in [6, 6.07) is 20.1. The summed E-state index contributed by atoms with van der Waals surface area (Å²) in [5.41, 5.74) is 4.57. The van der Waals surface area contributed by atoms with E-state index < -0.39 is 0 Å². The molecule has 3 aromatic rings. The lowest BCUT2D eigenvalue weighted by atomic mass is 10.1. The number of ether oxygens (including phenoxy) is 2. The predicted molar refractivity (Wildman–Crippen MR) is 118 cm³/mol. The molecule has 0 aliphatic carbocycles. The van der Waals surface area contributed by atoms with Crippen molar-refractivity contribution in [2.75, 3.05) is 7.11 Å². The lowest BCUT2D eigenvalue weighted by Gasteiger charge is -2.15. The summed E-state index contributed by atoms with van der Waals surface area (Å²) in [7, 11) is 1.65. The van der Waals surface area contributed by atoms with Crippen LogP contribution in [0.2, 0.25) is 5.02 Å². The van der Waals surface area contributed by atoms with E-state index in [1.807, 2.05) is 36.4 Å². The van der Waals surface area contributed by atoms with Crippen molar-refractivity contribution in [2.24, 2.45) is 0 Å². The van der Waals surface area contributed by atoms with Gasteiger partial charge >= 0.3 is 0 Å². The Bertz CT molecular complexity index is 928. The van der Waals surface area contributed by atoms with Crippen LogP contribution < -0.4 is 14.8 Å². The molecule has 3 nitrogen and oxygen atoms in total. The number of aryl methyl sites for hydroxylation is 1. The molecule has 28 heavy (non-hydrogen) atoms. The number of halogens is 2. The van der Waals surface area contributed by atoms with E-state index in [0.717, 1.165) is 28.7 Å². The van der Waals surface area contributed by atoms with E-state index in [0.29, 0.717) is 23.1 Å². The third kappa shape index (κ3) is 5.51. The van der Waals surface area contributed by atoms with Gasteiger partial charge in [-0.1, -0.05) is 75.6 Å². The van der Waals surface area contributed by atoms with Crippen LogP contribution >= 0.6 is 27.5 Å². The Morgan fingerprint density at radius 3 is 2.39 bits per heavy atom. The molecule has 1 N–H and O–H groups in total. The lowest BCUT2D eigenvalue weighted by molar-refractivity contribution is 0.284. The lowest BCUT2D eigenvalue weighted by Crippen LogP contribution is -2.13. The molecule has 0 heterocycles. The van der Waals surface area contributed by atoms with Gasteiger partial charge in [-0.3, -0.25) is 0 Å². The topological polar surface area (TPSA) is 30.5 Å². The van der Waals surface area contributed by atoms with Gasteiger partial charge in [0.05, 0.1) is 7.11 Å². The molecule has 0 bridgehead atoms. The van der Waals surface area contributed by atoms with E-state index in [4.69, 9.17) is 21.1 Å². The zero-order chi connectivity index (χ0) is 19.9. The first-order valence-corrected chi connectivity index (χ1v) is 10.2. The fraction of sp³-hybridized carbons (Fsp3) is 0.217. The molecule has 0 fully saturated rings. The van der Waals surface area contributed by atoms with Gasteiger partial charge in [0.15, 0.2) is 11.5 Å². The average molecular weight is 461 g/mol. The van der Waals surface area contributed by atoms with Crippen LogP contribution in [0.5, 0.6) is 11.5 Å². The molecule has 5 heteroatoms. The van der Waals surface area contributed by atoms with Gasteiger partial charge < -0.3 is 14.8 Å². The molecule has 3 aromatic carbocycles. The Balaban J connectivity index is 1.65. The normalized spacial score (nSPS) is 10.7. The van der Waals surface area contributed by atoms with E-state index in [2.05, 4.69) is 52.4 Å². The van der Waals surface area contributed by atoms with Gasteiger partial charge in [0.25, 0.3) is 0 Å². The van der Waals surface area contributed by atoms with Gasteiger partial charge in [-0.15, -0.1) is 0 Å². The van der Waals surface area contributed by atoms with E-state index in [1.54, 1.807) is 7.11 Å². The first kappa shape index (κ1) is 20.7. The van der Waals surface area contributed by atoms with E-state index in [1.165, 1.54) is 11.1 Å². The minimum Gasteiger partial charge on any atom is -0.493 e. The number of rotatable bonds is 8. The first-order chi connectivity index (χ1) is 13.6. The Morgan fingerprint density at radius 2 is 1.68 bits per heavy atom. The van der Waals surface area contributed by atoms with Gasteiger partial charge in [0, 0.05) is 28.1 Å². The molecule has 0 radical (unpaired) electrons. The van der Waals surface area contributed by atoms with Crippen molar-refractivity contribution >= 4 is 27.5 Å². The zero-order valence-corrected chi connectivity index (χ0v) is 18.3. The van der Waals surface area contributed by atoms with Crippen molar-refractivity contribution < 1.29 is 9.47 Å². The molecule has 0 unspecified atom stereocenters. The molecule has 146 valence electrons. The molecule has 0 aliphatic rings. The van der Waals surface area contributed by atoms with Crippen LogP contribution in [0.3, 0.4) is 0 Å². The Hall–Kier alpha value is -2.01. The number of methoxy groups -OCH3 is 1. The largest absolute Gasteiger partial charge is 0.493 e. The Morgan fingerprint density at radius 1 is 0.929 bits per heavy atom. The quantitative estimate of drug-likeness (QED) is 0.428. The summed E-state index contributed by atoms with van der Waals surface area (Å²) in [6.07, 6.45) is 0. The van der Waals surface area contributed by atoms with Gasteiger partial charge in [-0.2, -0.15) is 0 Å². The highest BCUT2D eigenvalue weighted by Gasteiger charge is 2.11. The highest BCUT2D eigenvalue weighted by molar-refractivity contribution is 9.10. The summed E-state index contributed by atoms with van der Waals surface area (Å²) in [5.74, 6) is 1.37. The van der Waals surface area contributed by atoms with E-state index in [-0.39, 0.29) is 0 Å². The minimum atomic E-state index is 0.382. The van der Waals surface area contributed by atoms with Crippen LogP contribution in [0.25, 0.3) is 0 Å². The van der Waals surface area contributed by atoms with Gasteiger partial charge in [0.1, 0.15) is 6.61 Å². The van der Waals surface area contributed by atoms with Crippen LogP contribution in [0, 0.1) is 6.92 Å². The van der Waals surface area contributed by atoms with E-state index in [9.17, 15) is 0 Å². The number of hydrogen-bond donors (Lipinski definition) is 1.